The molecule has 0 saturated carbocycles. The Labute approximate surface area is 130 Å². The van der Waals surface area contributed by atoms with Crippen LogP contribution in [0.15, 0.2) is 24.3 Å². The summed E-state index contributed by atoms with van der Waals surface area (Å²) < 4.78 is 0. The normalized spacial score (nSPS) is 10.8. The van der Waals surface area contributed by atoms with Crippen molar-refractivity contribution in [2.24, 2.45) is 5.92 Å². The average molecular weight is 354 g/mol. The molecule has 0 fully saturated rings. The summed E-state index contributed by atoms with van der Waals surface area (Å²) in [6.07, 6.45) is 0.882. The molecule has 4 nitrogen and oxygen atoms in total. The first-order valence-electron chi connectivity index (χ1n) is 6.37. The zero-order chi connectivity index (χ0) is 14.5. The smallest absolute Gasteiger partial charge is 0.257 e. The fourth-order valence-electron chi connectivity index (χ4n) is 1.65. The van der Waals surface area contributed by atoms with E-state index in [0.717, 1.165) is 22.3 Å². The van der Waals surface area contributed by atoms with Crippen LogP contribution in [0.25, 0.3) is 0 Å². The van der Waals surface area contributed by atoms with Gasteiger partial charge in [0, 0.05) is 17.3 Å². The van der Waals surface area contributed by atoms with Crippen LogP contribution in [0.1, 0.15) is 34.8 Å². The highest BCUT2D eigenvalue weighted by molar-refractivity contribution is 9.08. The third kappa shape index (κ3) is 4.11. The van der Waals surface area contributed by atoms with E-state index in [-0.39, 0.29) is 5.91 Å². The number of rotatable bonds is 5. The molecule has 106 valence electrons. The van der Waals surface area contributed by atoms with Crippen LogP contribution in [0, 0.1) is 5.92 Å². The predicted molar refractivity (Wildman–Crippen MR) is 85.5 cm³/mol. The summed E-state index contributed by atoms with van der Waals surface area (Å²) in [4.78, 5) is 12.1. The molecule has 6 heteroatoms. The lowest BCUT2D eigenvalue weighted by atomic mass is 10.1. The van der Waals surface area contributed by atoms with E-state index in [2.05, 4.69) is 45.3 Å². The Morgan fingerprint density at radius 3 is 2.60 bits per heavy atom. The van der Waals surface area contributed by atoms with Gasteiger partial charge in [-0.1, -0.05) is 53.2 Å². The van der Waals surface area contributed by atoms with Crippen LogP contribution in [0.4, 0.5) is 5.13 Å². The molecule has 2 aromatic rings. The number of hydrogen-bond donors (Lipinski definition) is 1. The minimum atomic E-state index is -0.154. The van der Waals surface area contributed by atoms with Crippen molar-refractivity contribution in [1.29, 1.82) is 0 Å². The molecule has 0 aliphatic carbocycles. The number of carbonyl (C=O) groups is 1. The van der Waals surface area contributed by atoms with E-state index in [9.17, 15) is 4.79 Å². The molecule has 1 aromatic heterocycles. The number of halogens is 1. The zero-order valence-electron chi connectivity index (χ0n) is 11.4. The maximum Gasteiger partial charge on any atom is 0.257 e. The fraction of sp³-hybridized carbons (Fsp3) is 0.357. The van der Waals surface area contributed by atoms with Crippen LogP contribution in [0.2, 0.25) is 0 Å². The lowest BCUT2D eigenvalue weighted by Crippen LogP contribution is -2.11. The average Bonchev–Trinajstić information content (AvgIpc) is 2.85. The molecule has 0 aliphatic rings. The number of nitrogens with one attached hydrogen (secondary N) is 1. The first kappa shape index (κ1) is 15.1. The van der Waals surface area contributed by atoms with Gasteiger partial charge in [0.15, 0.2) is 0 Å². The molecule has 0 radical (unpaired) electrons. The van der Waals surface area contributed by atoms with Crippen molar-refractivity contribution in [3.8, 4) is 0 Å². The minimum Gasteiger partial charge on any atom is -0.296 e. The van der Waals surface area contributed by atoms with Gasteiger partial charge in [-0.05, 0) is 23.6 Å². The maximum atomic E-state index is 12.1. The summed E-state index contributed by atoms with van der Waals surface area (Å²) in [7, 11) is 0. The summed E-state index contributed by atoms with van der Waals surface area (Å²) in [6.45, 7) is 4.26. The number of nitrogens with zero attached hydrogens (tertiary/aromatic N) is 2. The zero-order valence-corrected chi connectivity index (χ0v) is 13.8. The van der Waals surface area contributed by atoms with E-state index in [0.29, 0.717) is 16.6 Å². The number of benzene rings is 1. The molecule has 1 amide bonds. The third-order valence-corrected chi connectivity index (χ3v) is 4.15. The van der Waals surface area contributed by atoms with Gasteiger partial charge in [-0.3, -0.25) is 10.1 Å². The van der Waals surface area contributed by atoms with Crippen molar-refractivity contribution < 1.29 is 4.79 Å². The highest BCUT2D eigenvalue weighted by atomic mass is 79.9. The van der Waals surface area contributed by atoms with Crippen LogP contribution < -0.4 is 5.32 Å². The molecule has 20 heavy (non-hydrogen) atoms. The van der Waals surface area contributed by atoms with E-state index in [1.165, 1.54) is 11.3 Å². The molecular formula is C14H16BrN3OS. The van der Waals surface area contributed by atoms with Gasteiger partial charge in [-0.2, -0.15) is 0 Å². The Hall–Kier alpha value is -1.27. The Balaban J connectivity index is 2.01. The fourth-order valence-corrected chi connectivity index (χ4v) is 2.97. The van der Waals surface area contributed by atoms with Crippen LogP contribution in [-0.2, 0) is 11.8 Å². The van der Waals surface area contributed by atoms with Crippen molar-refractivity contribution in [2.75, 3.05) is 5.32 Å². The largest absolute Gasteiger partial charge is 0.296 e. The Bertz CT molecular complexity index is 580. The highest BCUT2D eigenvalue weighted by Crippen LogP contribution is 2.19. The van der Waals surface area contributed by atoms with Gasteiger partial charge in [0.1, 0.15) is 5.01 Å². The van der Waals surface area contributed by atoms with E-state index in [4.69, 9.17) is 0 Å². The van der Waals surface area contributed by atoms with Crippen LogP contribution in [0.3, 0.4) is 0 Å². The number of hydrogen-bond acceptors (Lipinski definition) is 4. The van der Waals surface area contributed by atoms with Gasteiger partial charge in [-0.15, -0.1) is 10.2 Å². The summed E-state index contributed by atoms with van der Waals surface area (Å²) in [6, 6.07) is 7.46. The monoisotopic (exact) mass is 353 g/mol. The number of aromatic nitrogens is 2. The van der Waals surface area contributed by atoms with E-state index in [1.807, 2.05) is 24.3 Å². The van der Waals surface area contributed by atoms with E-state index in [1.54, 1.807) is 0 Å². The molecule has 0 atom stereocenters. The maximum absolute atomic E-state index is 12.1. The van der Waals surface area contributed by atoms with E-state index >= 15 is 0 Å². The molecule has 0 saturated heterocycles. The molecule has 0 bridgehead atoms. The van der Waals surface area contributed by atoms with Crippen LogP contribution in [0.5, 0.6) is 0 Å². The SMILES string of the molecule is CC(C)Cc1nnc(NC(=O)c2ccc(CBr)cc2)s1. The first-order valence-corrected chi connectivity index (χ1v) is 8.31. The second-order valence-corrected chi connectivity index (χ2v) is 6.51. The molecule has 0 aliphatic heterocycles. The summed E-state index contributed by atoms with van der Waals surface area (Å²) in [5.74, 6) is 0.377. The Morgan fingerprint density at radius 2 is 2.00 bits per heavy atom. The van der Waals surface area contributed by atoms with Crippen molar-refractivity contribution >= 4 is 38.3 Å². The van der Waals surface area contributed by atoms with Gasteiger partial charge < -0.3 is 0 Å². The third-order valence-electron chi connectivity index (χ3n) is 2.64. The topological polar surface area (TPSA) is 54.9 Å². The molecule has 1 aromatic carbocycles. The molecule has 1 N–H and O–H groups in total. The molecule has 0 unspecified atom stereocenters. The summed E-state index contributed by atoms with van der Waals surface area (Å²) in [5, 5.41) is 13.1. The van der Waals surface area contributed by atoms with Crippen molar-refractivity contribution in [2.45, 2.75) is 25.6 Å². The predicted octanol–water partition coefficient (Wildman–Crippen LogP) is 3.88. The van der Waals surface area contributed by atoms with Crippen molar-refractivity contribution in [3.63, 3.8) is 0 Å². The lowest BCUT2D eigenvalue weighted by molar-refractivity contribution is 0.102. The number of carbonyl (C=O) groups excluding carboxylic acids is 1. The summed E-state index contributed by atoms with van der Waals surface area (Å²) in [5.41, 5.74) is 1.76. The quantitative estimate of drug-likeness (QED) is 0.829. The van der Waals surface area contributed by atoms with Gasteiger partial charge in [0.05, 0.1) is 0 Å². The second-order valence-electron chi connectivity index (χ2n) is 4.88. The molecule has 2 rings (SSSR count). The number of amides is 1. The van der Waals surface area contributed by atoms with Crippen LogP contribution >= 0.6 is 27.3 Å². The molecule has 1 heterocycles. The van der Waals surface area contributed by atoms with Gasteiger partial charge in [0.2, 0.25) is 5.13 Å². The first-order chi connectivity index (χ1) is 9.58. The van der Waals surface area contributed by atoms with Crippen LogP contribution in [-0.4, -0.2) is 16.1 Å². The Morgan fingerprint density at radius 1 is 1.30 bits per heavy atom. The Kier molecular flexibility index (Phi) is 5.25. The van der Waals surface area contributed by atoms with Crippen molar-refractivity contribution in [1.82, 2.24) is 10.2 Å². The summed E-state index contributed by atoms with van der Waals surface area (Å²) >= 11 is 4.81. The number of anilines is 1. The highest BCUT2D eigenvalue weighted by Gasteiger charge is 2.10. The second kappa shape index (κ2) is 6.95. The molecule has 0 spiro atoms. The van der Waals surface area contributed by atoms with Crippen molar-refractivity contribution in [3.05, 3.63) is 40.4 Å². The number of alkyl halides is 1. The standard InChI is InChI=1S/C14H16BrN3OS/c1-9(2)7-12-17-18-14(20-12)16-13(19)11-5-3-10(8-15)4-6-11/h3-6,9H,7-8H2,1-2H3,(H,16,18,19). The van der Waals surface area contributed by atoms with Gasteiger partial charge in [-0.25, -0.2) is 0 Å². The van der Waals surface area contributed by atoms with Gasteiger partial charge >= 0.3 is 0 Å². The van der Waals surface area contributed by atoms with E-state index < -0.39 is 0 Å². The molecular weight excluding hydrogens is 338 g/mol. The lowest BCUT2D eigenvalue weighted by Gasteiger charge is -2.02. The minimum absolute atomic E-state index is 0.154. The van der Waals surface area contributed by atoms with Gasteiger partial charge in [0.25, 0.3) is 5.91 Å².